The lowest BCUT2D eigenvalue weighted by molar-refractivity contribution is -0.187. The summed E-state index contributed by atoms with van der Waals surface area (Å²) in [4.78, 5) is 0. The number of halogens is 4. The van der Waals surface area contributed by atoms with Gasteiger partial charge in [0.15, 0.2) is 0 Å². The lowest BCUT2D eigenvalue weighted by atomic mass is 9.73. The van der Waals surface area contributed by atoms with Gasteiger partial charge in [0.2, 0.25) is 0 Å². The molecule has 1 aromatic rings. The van der Waals surface area contributed by atoms with Crippen molar-refractivity contribution in [3.63, 3.8) is 0 Å². The van der Waals surface area contributed by atoms with Crippen LogP contribution < -0.4 is 5.73 Å². The van der Waals surface area contributed by atoms with E-state index in [9.17, 15) is 13.2 Å². The van der Waals surface area contributed by atoms with Crippen LogP contribution in [0.1, 0.15) is 31.2 Å². The van der Waals surface area contributed by atoms with Gasteiger partial charge in [-0.1, -0.05) is 34.5 Å². The smallest absolute Gasteiger partial charge is 0.325 e. The van der Waals surface area contributed by atoms with Crippen LogP contribution in [0.25, 0.3) is 0 Å². The first-order valence-corrected chi connectivity index (χ1v) is 7.18. The SMILES string of the molecule is NC1(Cc2ccc(Br)cc2)CCCC(C(F)(F)F)C1. The Hall–Kier alpha value is -0.550. The minimum absolute atomic E-state index is 0.0343. The summed E-state index contributed by atoms with van der Waals surface area (Å²) < 4.78 is 39.4. The van der Waals surface area contributed by atoms with Gasteiger partial charge in [0.25, 0.3) is 0 Å². The summed E-state index contributed by atoms with van der Waals surface area (Å²) in [6, 6.07) is 7.61. The summed E-state index contributed by atoms with van der Waals surface area (Å²) >= 11 is 3.34. The standard InChI is InChI=1S/C14H17BrF3N/c15-12-5-3-10(4-6-12)8-13(19)7-1-2-11(9-13)14(16,17)18/h3-6,11H,1-2,7-9,19H2. The van der Waals surface area contributed by atoms with Crippen molar-refractivity contribution in [2.75, 3.05) is 0 Å². The highest BCUT2D eigenvalue weighted by Gasteiger charge is 2.46. The molecule has 1 nitrogen and oxygen atoms in total. The minimum Gasteiger partial charge on any atom is -0.325 e. The van der Waals surface area contributed by atoms with E-state index in [-0.39, 0.29) is 12.8 Å². The molecule has 0 aliphatic heterocycles. The molecule has 1 aliphatic rings. The normalized spacial score (nSPS) is 28.4. The number of hydrogen-bond donors (Lipinski definition) is 1. The lowest BCUT2D eigenvalue weighted by Crippen LogP contribution is -2.48. The van der Waals surface area contributed by atoms with Crippen molar-refractivity contribution in [2.24, 2.45) is 11.7 Å². The summed E-state index contributed by atoms with van der Waals surface area (Å²) in [5.74, 6) is -1.25. The Labute approximate surface area is 119 Å². The molecule has 2 N–H and O–H groups in total. The molecule has 106 valence electrons. The fourth-order valence-corrected chi connectivity index (χ4v) is 3.11. The van der Waals surface area contributed by atoms with Crippen LogP contribution in [0.4, 0.5) is 13.2 Å². The molecule has 1 aromatic carbocycles. The van der Waals surface area contributed by atoms with Crippen molar-refractivity contribution in [3.8, 4) is 0 Å². The predicted octanol–water partition coefficient (Wildman–Crippen LogP) is 4.44. The first-order valence-electron chi connectivity index (χ1n) is 6.39. The van der Waals surface area contributed by atoms with Crippen LogP contribution in [0.3, 0.4) is 0 Å². The zero-order valence-electron chi connectivity index (χ0n) is 10.5. The molecule has 0 heterocycles. The molecule has 0 radical (unpaired) electrons. The third-order valence-corrected chi connectivity index (χ3v) is 4.34. The quantitative estimate of drug-likeness (QED) is 0.849. The largest absolute Gasteiger partial charge is 0.391 e. The van der Waals surface area contributed by atoms with Crippen LogP contribution in [-0.4, -0.2) is 11.7 Å². The maximum absolute atomic E-state index is 12.8. The second-order valence-electron chi connectivity index (χ2n) is 5.50. The molecule has 0 spiro atoms. The van der Waals surface area contributed by atoms with Crippen molar-refractivity contribution in [1.82, 2.24) is 0 Å². The van der Waals surface area contributed by atoms with Gasteiger partial charge in [-0.2, -0.15) is 13.2 Å². The fraction of sp³-hybridized carbons (Fsp3) is 0.571. The van der Waals surface area contributed by atoms with E-state index in [0.717, 1.165) is 10.0 Å². The van der Waals surface area contributed by atoms with E-state index in [2.05, 4.69) is 15.9 Å². The first kappa shape index (κ1) is 14.9. The van der Waals surface area contributed by atoms with Gasteiger partial charge >= 0.3 is 6.18 Å². The number of rotatable bonds is 2. The second kappa shape index (κ2) is 5.44. The van der Waals surface area contributed by atoms with Gasteiger partial charge in [0.05, 0.1) is 5.92 Å². The Morgan fingerprint density at radius 3 is 2.47 bits per heavy atom. The van der Waals surface area contributed by atoms with Crippen molar-refractivity contribution >= 4 is 15.9 Å². The van der Waals surface area contributed by atoms with E-state index in [1.54, 1.807) is 0 Å². The van der Waals surface area contributed by atoms with Crippen molar-refractivity contribution in [2.45, 2.75) is 43.8 Å². The summed E-state index contributed by atoms with van der Waals surface area (Å²) in [6.45, 7) is 0. The van der Waals surface area contributed by atoms with Crippen LogP contribution in [0.2, 0.25) is 0 Å². The number of hydrogen-bond acceptors (Lipinski definition) is 1. The molecule has 1 saturated carbocycles. The second-order valence-corrected chi connectivity index (χ2v) is 6.42. The van der Waals surface area contributed by atoms with Gasteiger partial charge in [-0.3, -0.25) is 0 Å². The molecule has 2 atom stereocenters. The topological polar surface area (TPSA) is 26.0 Å². The molecule has 0 bridgehead atoms. The highest BCUT2D eigenvalue weighted by atomic mass is 79.9. The monoisotopic (exact) mass is 335 g/mol. The Morgan fingerprint density at radius 1 is 1.26 bits per heavy atom. The van der Waals surface area contributed by atoms with Crippen LogP contribution in [-0.2, 0) is 6.42 Å². The van der Waals surface area contributed by atoms with Gasteiger partial charge in [-0.15, -0.1) is 0 Å². The maximum atomic E-state index is 12.8. The van der Waals surface area contributed by atoms with Gasteiger partial charge in [-0.05, 0) is 43.4 Å². The molecule has 5 heteroatoms. The van der Waals surface area contributed by atoms with Crippen molar-refractivity contribution < 1.29 is 13.2 Å². The molecule has 0 aromatic heterocycles. The van der Waals surface area contributed by atoms with Crippen molar-refractivity contribution in [3.05, 3.63) is 34.3 Å². The van der Waals surface area contributed by atoms with E-state index in [4.69, 9.17) is 5.73 Å². The highest BCUT2D eigenvalue weighted by molar-refractivity contribution is 9.10. The Kier molecular flexibility index (Phi) is 4.26. The molecule has 0 amide bonds. The zero-order valence-corrected chi connectivity index (χ0v) is 12.1. The molecular weight excluding hydrogens is 319 g/mol. The van der Waals surface area contributed by atoms with E-state index < -0.39 is 17.6 Å². The highest BCUT2D eigenvalue weighted by Crippen LogP contribution is 2.41. The number of alkyl halides is 3. The molecule has 2 unspecified atom stereocenters. The van der Waals surface area contributed by atoms with Gasteiger partial charge in [-0.25, -0.2) is 0 Å². The van der Waals surface area contributed by atoms with Gasteiger partial charge < -0.3 is 5.73 Å². The Morgan fingerprint density at radius 2 is 1.89 bits per heavy atom. The summed E-state index contributed by atoms with van der Waals surface area (Å²) in [6.07, 6.45) is -2.15. The summed E-state index contributed by atoms with van der Waals surface area (Å²) in [5, 5.41) is 0. The van der Waals surface area contributed by atoms with Crippen LogP contribution >= 0.6 is 15.9 Å². The van der Waals surface area contributed by atoms with E-state index in [1.165, 1.54) is 0 Å². The predicted molar refractivity (Wildman–Crippen MR) is 72.8 cm³/mol. The Balaban J connectivity index is 2.07. The van der Waals surface area contributed by atoms with Crippen LogP contribution in [0.5, 0.6) is 0 Å². The van der Waals surface area contributed by atoms with Crippen LogP contribution in [0, 0.1) is 5.92 Å². The summed E-state index contributed by atoms with van der Waals surface area (Å²) in [7, 11) is 0. The average Bonchev–Trinajstić information content (AvgIpc) is 2.31. The Bertz CT molecular complexity index is 429. The third kappa shape index (κ3) is 3.96. The molecule has 1 fully saturated rings. The molecule has 19 heavy (non-hydrogen) atoms. The molecule has 0 saturated heterocycles. The zero-order chi connectivity index (χ0) is 14.1. The van der Waals surface area contributed by atoms with Crippen LogP contribution in [0.15, 0.2) is 28.7 Å². The maximum Gasteiger partial charge on any atom is 0.391 e. The number of benzene rings is 1. The van der Waals surface area contributed by atoms with Gasteiger partial charge in [0.1, 0.15) is 0 Å². The van der Waals surface area contributed by atoms with Crippen molar-refractivity contribution in [1.29, 1.82) is 0 Å². The molecule has 2 rings (SSSR count). The lowest BCUT2D eigenvalue weighted by Gasteiger charge is -2.39. The molecule has 1 aliphatic carbocycles. The third-order valence-electron chi connectivity index (χ3n) is 3.81. The minimum atomic E-state index is -4.12. The average molecular weight is 336 g/mol. The molecular formula is C14H17BrF3N. The fourth-order valence-electron chi connectivity index (χ4n) is 2.84. The number of nitrogens with two attached hydrogens (primary N) is 1. The van der Waals surface area contributed by atoms with Gasteiger partial charge in [0, 0.05) is 10.0 Å². The first-order chi connectivity index (χ1) is 8.78. The van der Waals surface area contributed by atoms with E-state index in [1.807, 2.05) is 24.3 Å². The van der Waals surface area contributed by atoms with E-state index >= 15 is 0 Å². The summed E-state index contributed by atoms with van der Waals surface area (Å²) in [5.41, 5.74) is 6.47. The van der Waals surface area contributed by atoms with E-state index in [0.29, 0.717) is 19.3 Å².